The molecule has 0 bridgehead atoms. The van der Waals surface area contributed by atoms with Gasteiger partial charge in [0.15, 0.2) is 0 Å². The van der Waals surface area contributed by atoms with Crippen LogP contribution in [0.3, 0.4) is 0 Å². The van der Waals surface area contributed by atoms with E-state index in [1.165, 1.54) is 0 Å². The summed E-state index contributed by atoms with van der Waals surface area (Å²) in [6.45, 7) is 5.39. The Morgan fingerprint density at radius 2 is 1.61 bits per heavy atom. The van der Waals surface area contributed by atoms with Crippen molar-refractivity contribution in [2.45, 2.75) is 37.8 Å². The second kappa shape index (κ2) is 10.3. The highest BCUT2D eigenvalue weighted by atomic mass is 32.2. The second-order valence-corrected chi connectivity index (χ2v) is 9.08. The van der Waals surface area contributed by atoms with Gasteiger partial charge < -0.3 is 14.8 Å². The zero-order valence-corrected chi connectivity index (χ0v) is 18.7. The highest BCUT2D eigenvalue weighted by molar-refractivity contribution is 7.90. The van der Waals surface area contributed by atoms with Gasteiger partial charge in [-0.2, -0.15) is 0 Å². The highest BCUT2D eigenvalue weighted by Gasteiger charge is 2.25. The quantitative estimate of drug-likeness (QED) is 0.552. The van der Waals surface area contributed by atoms with Gasteiger partial charge in [-0.15, -0.1) is 0 Å². The Kier molecular flexibility index (Phi) is 7.46. The number of hydrogen-bond acceptors (Lipinski definition) is 4. The Hall–Kier alpha value is -3.13. The maximum atomic E-state index is 13.2. The number of carbonyl (C=O) groups excluding carboxylic acids is 1. The first-order chi connectivity index (χ1) is 14.9. The van der Waals surface area contributed by atoms with E-state index in [-0.39, 0.29) is 23.5 Å². The molecule has 0 aliphatic heterocycles. The van der Waals surface area contributed by atoms with Gasteiger partial charge in [0.05, 0.1) is 30.7 Å². The number of nitrogens with zero attached hydrogens (tertiary/aromatic N) is 3. The minimum Gasteiger partial charge on any atom is -0.338 e. The Labute approximate surface area is 183 Å². The van der Waals surface area contributed by atoms with E-state index >= 15 is 0 Å². The van der Waals surface area contributed by atoms with Crippen molar-refractivity contribution in [3.63, 3.8) is 0 Å². The fourth-order valence-electron chi connectivity index (χ4n) is 3.35. The molecule has 0 saturated carbocycles. The van der Waals surface area contributed by atoms with Gasteiger partial charge in [-0.05, 0) is 25.0 Å². The van der Waals surface area contributed by atoms with Crippen molar-refractivity contribution < 1.29 is 13.2 Å². The third-order valence-corrected chi connectivity index (χ3v) is 6.51. The van der Waals surface area contributed by atoms with E-state index in [1.54, 1.807) is 27.8 Å². The Morgan fingerprint density at radius 1 is 1.00 bits per heavy atom. The number of rotatable bonds is 9. The molecule has 0 fully saturated rings. The van der Waals surface area contributed by atoms with Gasteiger partial charge in [-0.25, -0.2) is 18.2 Å². The van der Waals surface area contributed by atoms with Crippen LogP contribution in [0.2, 0.25) is 0 Å². The fourth-order valence-corrected chi connectivity index (χ4v) is 4.84. The first-order valence-electron chi connectivity index (χ1n) is 10.3. The molecule has 3 aromatic rings. The third kappa shape index (κ3) is 5.73. The summed E-state index contributed by atoms with van der Waals surface area (Å²) in [5.41, 5.74) is 2.33. The van der Waals surface area contributed by atoms with Crippen LogP contribution < -0.4 is 5.32 Å². The molecule has 0 aliphatic carbocycles. The number of aromatic nitrogens is 2. The van der Waals surface area contributed by atoms with Crippen LogP contribution in [0.5, 0.6) is 0 Å². The first kappa shape index (κ1) is 22.6. The largest absolute Gasteiger partial charge is 0.338 e. The van der Waals surface area contributed by atoms with E-state index < -0.39 is 9.84 Å². The van der Waals surface area contributed by atoms with E-state index in [1.807, 2.05) is 62.4 Å². The number of hydrogen-bond donors (Lipinski definition) is 1. The topological polar surface area (TPSA) is 84.3 Å². The molecule has 0 radical (unpaired) electrons. The SMILES string of the molecule is CCNC(=O)N(CC)Cc1cnc(S(=O)(=O)Cc2ccccc2)n1Cc1ccccc1. The van der Waals surface area contributed by atoms with Crippen LogP contribution in [-0.2, 0) is 28.7 Å². The Morgan fingerprint density at radius 3 is 2.19 bits per heavy atom. The summed E-state index contributed by atoms with van der Waals surface area (Å²) >= 11 is 0. The van der Waals surface area contributed by atoms with Gasteiger partial charge in [0.1, 0.15) is 0 Å². The average Bonchev–Trinajstić information content (AvgIpc) is 3.16. The summed E-state index contributed by atoms with van der Waals surface area (Å²) < 4.78 is 28.2. The van der Waals surface area contributed by atoms with E-state index in [9.17, 15) is 13.2 Å². The number of carbonyl (C=O) groups is 1. The molecule has 7 nitrogen and oxygen atoms in total. The lowest BCUT2D eigenvalue weighted by Gasteiger charge is -2.22. The minimum atomic E-state index is -3.68. The van der Waals surface area contributed by atoms with E-state index in [0.717, 1.165) is 5.56 Å². The maximum Gasteiger partial charge on any atom is 0.317 e. The number of sulfone groups is 1. The summed E-state index contributed by atoms with van der Waals surface area (Å²) in [4.78, 5) is 18.3. The number of nitrogens with one attached hydrogen (secondary N) is 1. The summed E-state index contributed by atoms with van der Waals surface area (Å²) in [5.74, 6) is -0.132. The van der Waals surface area contributed by atoms with Gasteiger partial charge in [0.25, 0.3) is 0 Å². The lowest BCUT2D eigenvalue weighted by Crippen LogP contribution is -2.39. The predicted molar refractivity (Wildman–Crippen MR) is 120 cm³/mol. The summed E-state index contributed by atoms with van der Waals surface area (Å²) in [6, 6.07) is 18.5. The standard InChI is InChI=1S/C23H28N4O3S/c1-3-24-22(28)26(4-2)17-21-15-25-23(27(21)16-19-11-7-5-8-12-19)31(29,30)18-20-13-9-6-10-14-20/h5-15H,3-4,16-18H2,1-2H3,(H,24,28). The van der Waals surface area contributed by atoms with Crippen molar-refractivity contribution in [3.8, 4) is 0 Å². The van der Waals surface area contributed by atoms with Crippen molar-refractivity contribution in [3.05, 3.63) is 83.7 Å². The molecule has 164 valence electrons. The molecule has 1 N–H and O–H groups in total. The van der Waals surface area contributed by atoms with Crippen LogP contribution in [0, 0.1) is 0 Å². The second-order valence-electron chi connectivity index (χ2n) is 7.20. The molecule has 0 spiro atoms. The molecular weight excluding hydrogens is 412 g/mol. The van der Waals surface area contributed by atoms with Gasteiger partial charge in [0.2, 0.25) is 15.0 Å². The van der Waals surface area contributed by atoms with Crippen molar-refractivity contribution in [1.29, 1.82) is 0 Å². The first-order valence-corrected chi connectivity index (χ1v) is 12.0. The number of benzene rings is 2. The molecule has 0 atom stereocenters. The Bertz CT molecular complexity index is 1100. The molecule has 31 heavy (non-hydrogen) atoms. The summed E-state index contributed by atoms with van der Waals surface area (Å²) in [5, 5.41) is 2.81. The predicted octanol–water partition coefficient (Wildman–Crippen LogP) is 3.46. The van der Waals surface area contributed by atoms with Crippen molar-refractivity contribution in [1.82, 2.24) is 19.8 Å². The van der Waals surface area contributed by atoms with Gasteiger partial charge >= 0.3 is 6.03 Å². The smallest absolute Gasteiger partial charge is 0.317 e. The molecule has 1 aromatic heterocycles. The molecule has 1 heterocycles. The van der Waals surface area contributed by atoms with E-state index in [4.69, 9.17) is 0 Å². The zero-order valence-electron chi connectivity index (χ0n) is 17.9. The minimum absolute atomic E-state index is 0.0159. The van der Waals surface area contributed by atoms with Crippen LogP contribution >= 0.6 is 0 Å². The van der Waals surface area contributed by atoms with Crippen LogP contribution in [0.4, 0.5) is 4.79 Å². The van der Waals surface area contributed by atoms with Crippen molar-refractivity contribution >= 4 is 15.9 Å². The highest BCUT2D eigenvalue weighted by Crippen LogP contribution is 2.20. The third-order valence-electron chi connectivity index (χ3n) is 4.91. The van der Waals surface area contributed by atoms with E-state index in [2.05, 4.69) is 10.3 Å². The van der Waals surface area contributed by atoms with Crippen LogP contribution in [0.1, 0.15) is 30.7 Å². The average molecular weight is 441 g/mol. The Balaban J connectivity index is 1.98. The molecule has 0 unspecified atom stereocenters. The normalized spacial score (nSPS) is 11.3. The zero-order chi connectivity index (χ0) is 22.3. The van der Waals surface area contributed by atoms with Gasteiger partial charge in [-0.1, -0.05) is 60.7 Å². The molecule has 3 rings (SSSR count). The van der Waals surface area contributed by atoms with Gasteiger partial charge in [-0.3, -0.25) is 0 Å². The van der Waals surface area contributed by atoms with Crippen LogP contribution in [0.25, 0.3) is 0 Å². The molecule has 2 amide bonds. The number of amides is 2. The fraction of sp³-hybridized carbons (Fsp3) is 0.304. The lowest BCUT2D eigenvalue weighted by molar-refractivity contribution is 0.197. The maximum absolute atomic E-state index is 13.2. The van der Waals surface area contributed by atoms with Crippen LogP contribution in [-0.4, -0.2) is 42.0 Å². The van der Waals surface area contributed by atoms with E-state index in [0.29, 0.717) is 30.9 Å². The summed E-state index contributed by atoms with van der Waals surface area (Å²) in [6.07, 6.45) is 1.56. The molecule has 2 aromatic carbocycles. The van der Waals surface area contributed by atoms with Crippen LogP contribution in [0.15, 0.2) is 72.0 Å². The molecular formula is C23H28N4O3S. The van der Waals surface area contributed by atoms with Gasteiger partial charge in [0, 0.05) is 13.1 Å². The monoisotopic (exact) mass is 440 g/mol. The molecule has 0 aliphatic rings. The number of urea groups is 1. The summed E-state index contributed by atoms with van der Waals surface area (Å²) in [7, 11) is -3.68. The lowest BCUT2D eigenvalue weighted by atomic mass is 10.2. The molecule has 8 heteroatoms. The van der Waals surface area contributed by atoms with Crippen molar-refractivity contribution in [2.24, 2.45) is 0 Å². The van der Waals surface area contributed by atoms with Crippen molar-refractivity contribution in [2.75, 3.05) is 13.1 Å². The number of imidazole rings is 1. The molecule has 0 saturated heterocycles.